The molecule has 4 rings (SSSR count). The zero-order valence-electron chi connectivity index (χ0n) is 16.2. The van der Waals surface area contributed by atoms with Crippen LogP contribution in [0.3, 0.4) is 0 Å². The molecule has 3 aliphatic rings. The summed E-state index contributed by atoms with van der Waals surface area (Å²) in [6, 6.07) is 3.62. The average molecular weight is 420 g/mol. The molecule has 1 unspecified atom stereocenters. The number of fused-ring (bicyclic) bond motifs is 1. The van der Waals surface area contributed by atoms with Crippen molar-refractivity contribution in [2.75, 3.05) is 19.6 Å². The van der Waals surface area contributed by atoms with Crippen LogP contribution in [-0.4, -0.2) is 71.6 Å². The predicted molar refractivity (Wildman–Crippen MR) is 101 cm³/mol. The fourth-order valence-electron chi connectivity index (χ4n) is 4.41. The molecule has 4 amide bonds. The van der Waals surface area contributed by atoms with E-state index in [1.165, 1.54) is 6.07 Å². The number of nitrogens with one attached hydrogen (secondary N) is 2. The molecule has 2 atom stereocenters. The lowest BCUT2D eigenvalue weighted by molar-refractivity contribution is -0.136. The number of alkyl halides is 2. The average Bonchev–Trinajstić information content (AvgIpc) is 3.30. The molecule has 0 aromatic heterocycles. The van der Waals surface area contributed by atoms with Crippen LogP contribution in [0, 0.1) is 0 Å². The minimum atomic E-state index is -2.53. The Morgan fingerprint density at radius 1 is 1.13 bits per heavy atom. The Morgan fingerprint density at radius 3 is 2.60 bits per heavy atom. The molecule has 160 valence electrons. The summed E-state index contributed by atoms with van der Waals surface area (Å²) < 4.78 is 26.3. The zero-order chi connectivity index (χ0) is 21.4. The van der Waals surface area contributed by atoms with Crippen molar-refractivity contribution < 1.29 is 28.0 Å². The molecule has 0 saturated carbocycles. The van der Waals surface area contributed by atoms with Crippen molar-refractivity contribution in [2.45, 2.75) is 44.3 Å². The molecule has 0 bridgehead atoms. The van der Waals surface area contributed by atoms with Crippen molar-refractivity contribution >= 4 is 23.6 Å². The molecule has 30 heavy (non-hydrogen) atoms. The van der Waals surface area contributed by atoms with Gasteiger partial charge in [0.05, 0.1) is 17.7 Å². The lowest BCUT2D eigenvalue weighted by Gasteiger charge is -2.29. The molecule has 0 aliphatic carbocycles. The highest BCUT2D eigenvalue weighted by atomic mass is 19.3. The molecule has 0 radical (unpaired) electrons. The van der Waals surface area contributed by atoms with Gasteiger partial charge in [-0.25, -0.2) is 8.78 Å². The molecule has 2 N–H and O–H groups in total. The minimum Gasteiger partial charge on any atom is -0.315 e. The molecule has 1 aromatic carbocycles. The topological polar surface area (TPSA) is 98.8 Å². The van der Waals surface area contributed by atoms with E-state index < -0.39 is 42.6 Å². The third-order valence-corrected chi connectivity index (χ3v) is 5.85. The van der Waals surface area contributed by atoms with Gasteiger partial charge in [-0.15, -0.1) is 0 Å². The molecule has 3 aliphatic heterocycles. The highest BCUT2D eigenvalue weighted by Crippen LogP contribution is 2.31. The number of hydrogen-bond donors (Lipinski definition) is 2. The van der Waals surface area contributed by atoms with Gasteiger partial charge in [-0.3, -0.25) is 34.3 Å². The second kappa shape index (κ2) is 8.19. The van der Waals surface area contributed by atoms with Crippen molar-refractivity contribution in [3.8, 4) is 0 Å². The summed E-state index contributed by atoms with van der Waals surface area (Å²) >= 11 is 0. The van der Waals surface area contributed by atoms with Crippen molar-refractivity contribution in [2.24, 2.45) is 0 Å². The van der Waals surface area contributed by atoms with Gasteiger partial charge in [-0.2, -0.15) is 0 Å². The number of hydrogen-bond acceptors (Lipinski definition) is 6. The molecule has 0 spiro atoms. The van der Waals surface area contributed by atoms with Crippen LogP contribution < -0.4 is 10.6 Å². The molecule has 2 fully saturated rings. The highest BCUT2D eigenvalue weighted by molar-refractivity contribution is 6.24. The van der Waals surface area contributed by atoms with Gasteiger partial charge in [0.15, 0.2) is 0 Å². The van der Waals surface area contributed by atoms with Crippen LogP contribution in [0.15, 0.2) is 18.2 Å². The van der Waals surface area contributed by atoms with E-state index in [-0.39, 0.29) is 36.6 Å². The van der Waals surface area contributed by atoms with E-state index in [0.29, 0.717) is 12.1 Å². The second-order valence-electron chi connectivity index (χ2n) is 7.75. The number of rotatable bonds is 6. The van der Waals surface area contributed by atoms with Crippen LogP contribution in [0.4, 0.5) is 8.78 Å². The van der Waals surface area contributed by atoms with E-state index in [1.807, 2.05) is 0 Å². The molecule has 1 aromatic rings. The summed E-state index contributed by atoms with van der Waals surface area (Å²) in [4.78, 5) is 52.2. The van der Waals surface area contributed by atoms with Gasteiger partial charge in [-0.05, 0) is 31.0 Å². The van der Waals surface area contributed by atoms with Crippen molar-refractivity contribution in [1.82, 2.24) is 20.4 Å². The fraction of sp³-hybridized carbons (Fsp3) is 0.500. The summed E-state index contributed by atoms with van der Waals surface area (Å²) in [6.07, 6.45) is -1.71. The van der Waals surface area contributed by atoms with Gasteiger partial charge in [0, 0.05) is 25.6 Å². The predicted octanol–water partition coefficient (Wildman–Crippen LogP) is 0.517. The Labute approximate surface area is 171 Å². The third-order valence-electron chi connectivity index (χ3n) is 5.85. The van der Waals surface area contributed by atoms with Gasteiger partial charge in [0.2, 0.25) is 11.8 Å². The summed E-state index contributed by atoms with van der Waals surface area (Å²) in [5.74, 6) is -2.35. The number of nitrogens with zero attached hydrogens (tertiary/aromatic N) is 2. The van der Waals surface area contributed by atoms with Crippen LogP contribution in [0.5, 0.6) is 0 Å². The first kappa shape index (κ1) is 20.5. The van der Waals surface area contributed by atoms with Gasteiger partial charge in [-0.1, -0.05) is 12.1 Å². The maximum atomic E-state index is 13.2. The Kier molecular flexibility index (Phi) is 5.61. The molecule has 8 nitrogen and oxygen atoms in total. The lowest BCUT2D eigenvalue weighted by atomic mass is 10.0. The molecular weight excluding hydrogens is 398 g/mol. The van der Waals surface area contributed by atoms with Gasteiger partial charge in [0.1, 0.15) is 6.04 Å². The van der Waals surface area contributed by atoms with Crippen LogP contribution in [0.1, 0.15) is 45.5 Å². The Morgan fingerprint density at radius 2 is 1.93 bits per heavy atom. The van der Waals surface area contributed by atoms with Crippen LogP contribution in [0.25, 0.3) is 0 Å². The van der Waals surface area contributed by atoms with Crippen molar-refractivity contribution in [1.29, 1.82) is 0 Å². The Balaban J connectivity index is 1.62. The minimum absolute atomic E-state index is 0.0352. The number of benzene rings is 1. The molecule has 10 heteroatoms. The normalized spacial score (nSPS) is 24.2. The zero-order valence-corrected chi connectivity index (χ0v) is 16.2. The molecule has 3 heterocycles. The number of carbonyl (C=O) groups excluding carboxylic acids is 4. The maximum absolute atomic E-state index is 13.2. The van der Waals surface area contributed by atoms with E-state index in [2.05, 4.69) is 10.6 Å². The van der Waals surface area contributed by atoms with Crippen LogP contribution in [-0.2, 0) is 16.1 Å². The number of carbonyl (C=O) groups is 4. The number of amides is 4. The molecular formula is C20H22F2N4O4. The van der Waals surface area contributed by atoms with Crippen molar-refractivity contribution in [3.05, 3.63) is 34.9 Å². The monoisotopic (exact) mass is 420 g/mol. The highest BCUT2D eigenvalue weighted by Gasteiger charge is 2.45. The van der Waals surface area contributed by atoms with Crippen molar-refractivity contribution in [3.63, 3.8) is 0 Å². The SMILES string of the molecule is O=C1CCC(N2C(=O)c3cccc(CN(CC(F)F)[C@H]4CCNC4)c3C2=O)C(=O)N1. The first-order valence-electron chi connectivity index (χ1n) is 9.93. The van der Waals surface area contributed by atoms with Gasteiger partial charge < -0.3 is 5.32 Å². The standard InChI is InChI=1S/C20H22F2N4O4/c21-15(22)10-25(12-6-7-23-8-12)9-11-2-1-3-13-17(11)20(30)26(19(13)29)14-4-5-16(27)24-18(14)28/h1-3,12,14-15,23H,4-10H2,(H,24,27,28)/t12-,14?/m0/s1. The van der Waals surface area contributed by atoms with Gasteiger partial charge >= 0.3 is 0 Å². The van der Waals surface area contributed by atoms with E-state index >= 15 is 0 Å². The Hall–Kier alpha value is -2.72. The quantitative estimate of drug-likeness (QED) is 0.651. The second-order valence-corrected chi connectivity index (χ2v) is 7.75. The number of piperidine rings is 1. The summed E-state index contributed by atoms with van der Waals surface area (Å²) in [5, 5.41) is 5.31. The summed E-state index contributed by atoms with van der Waals surface area (Å²) in [5.41, 5.74) is 0.786. The fourth-order valence-corrected chi connectivity index (χ4v) is 4.41. The lowest BCUT2D eigenvalue weighted by Crippen LogP contribution is -2.54. The maximum Gasteiger partial charge on any atom is 0.262 e. The van der Waals surface area contributed by atoms with Crippen LogP contribution >= 0.6 is 0 Å². The molecule has 2 saturated heterocycles. The van der Waals surface area contributed by atoms with Gasteiger partial charge in [0.25, 0.3) is 18.2 Å². The smallest absolute Gasteiger partial charge is 0.262 e. The number of imide groups is 2. The van der Waals surface area contributed by atoms with E-state index in [1.54, 1.807) is 17.0 Å². The first-order valence-corrected chi connectivity index (χ1v) is 9.93. The summed E-state index contributed by atoms with van der Waals surface area (Å²) in [6.45, 7) is 0.978. The number of halogens is 2. The first-order chi connectivity index (χ1) is 14.4. The Bertz CT molecular complexity index is 901. The van der Waals surface area contributed by atoms with E-state index in [0.717, 1.165) is 17.9 Å². The largest absolute Gasteiger partial charge is 0.315 e. The third kappa shape index (κ3) is 3.72. The van der Waals surface area contributed by atoms with E-state index in [9.17, 15) is 28.0 Å². The van der Waals surface area contributed by atoms with Crippen LogP contribution in [0.2, 0.25) is 0 Å². The van der Waals surface area contributed by atoms with E-state index in [4.69, 9.17) is 0 Å². The summed E-state index contributed by atoms with van der Waals surface area (Å²) in [7, 11) is 0.